The van der Waals surface area contributed by atoms with Gasteiger partial charge in [0.25, 0.3) is 0 Å². The van der Waals surface area contributed by atoms with Gasteiger partial charge in [-0.05, 0) is 56.3 Å². The van der Waals surface area contributed by atoms with Crippen molar-refractivity contribution in [2.24, 2.45) is 0 Å². The molecule has 4 rings (SSSR count). The van der Waals surface area contributed by atoms with Gasteiger partial charge in [-0.15, -0.1) is 0 Å². The molecule has 0 fully saturated rings. The number of rotatable bonds is 4. The number of carboxylic acid groups (broad SMARTS) is 1. The molecule has 0 radical (unpaired) electrons. The molecule has 1 N–H and O–H groups in total. The summed E-state index contributed by atoms with van der Waals surface area (Å²) in [5.74, 6) is -1.05. The number of benzene rings is 2. The first-order valence-electron chi connectivity index (χ1n) is 9.56. The van der Waals surface area contributed by atoms with Gasteiger partial charge in [0.1, 0.15) is 11.8 Å². The number of halogens is 3. The van der Waals surface area contributed by atoms with Gasteiger partial charge in [-0.25, -0.2) is 9.78 Å². The molecule has 0 aliphatic carbocycles. The van der Waals surface area contributed by atoms with Crippen molar-refractivity contribution in [1.82, 2.24) is 4.98 Å². The molecule has 2 aromatic heterocycles. The van der Waals surface area contributed by atoms with Crippen LogP contribution in [0.15, 0.2) is 53.1 Å². The minimum atomic E-state index is -4.48. The molecule has 31 heavy (non-hydrogen) atoms. The van der Waals surface area contributed by atoms with E-state index in [9.17, 15) is 23.1 Å². The summed E-state index contributed by atoms with van der Waals surface area (Å²) >= 11 is 0. The molecule has 4 aromatic rings. The van der Waals surface area contributed by atoms with Crippen LogP contribution in [-0.2, 0) is 6.18 Å². The molecule has 0 spiro atoms. The Labute approximate surface area is 175 Å². The van der Waals surface area contributed by atoms with E-state index < -0.39 is 17.7 Å². The lowest BCUT2D eigenvalue weighted by Gasteiger charge is -2.26. The largest absolute Gasteiger partial charge is 0.478 e. The first kappa shape index (κ1) is 20.7. The molecule has 2 aromatic carbocycles. The lowest BCUT2D eigenvalue weighted by atomic mass is 10.0. The molecular weight excluding hydrogens is 409 g/mol. The third-order valence-corrected chi connectivity index (χ3v) is 5.35. The number of carbonyl (C=O) groups is 1. The van der Waals surface area contributed by atoms with Gasteiger partial charge >= 0.3 is 12.1 Å². The molecule has 0 aliphatic rings. The second-order valence-corrected chi connectivity index (χ2v) is 7.63. The van der Waals surface area contributed by atoms with Crippen LogP contribution in [0.25, 0.3) is 33.1 Å². The van der Waals surface area contributed by atoms with Crippen molar-refractivity contribution in [3.63, 3.8) is 0 Å². The number of alkyl halides is 3. The van der Waals surface area contributed by atoms with Crippen LogP contribution in [0.3, 0.4) is 0 Å². The highest BCUT2D eigenvalue weighted by Crippen LogP contribution is 2.40. The van der Waals surface area contributed by atoms with Gasteiger partial charge in [0.05, 0.1) is 28.0 Å². The molecule has 0 atom stereocenters. The van der Waals surface area contributed by atoms with E-state index in [4.69, 9.17) is 4.42 Å². The molecular formula is C23H19F3N2O3. The second kappa shape index (κ2) is 7.30. The zero-order chi connectivity index (χ0) is 22.5. The van der Waals surface area contributed by atoms with Gasteiger partial charge in [-0.1, -0.05) is 0 Å². The van der Waals surface area contributed by atoms with Crippen LogP contribution in [0.1, 0.15) is 29.8 Å². The van der Waals surface area contributed by atoms with E-state index in [1.165, 1.54) is 24.5 Å². The van der Waals surface area contributed by atoms with Crippen molar-refractivity contribution in [1.29, 1.82) is 0 Å². The topological polar surface area (TPSA) is 66.6 Å². The molecule has 0 amide bonds. The lowest BCUT2D eigenvalue weighted by molar-refractivity contribution is -0.137. The molecule has 8 heteroatoms. The number of hydrogen-bond donors (Lipinski definition) is 1. The lowest BCUT2D eigenvalue weighted by Crippen LogP contribution is -2.26. The van der Waals surface area contributed by atoms with E-state index in [0.29, 0.717) is 38.8 Å². The van der Waals surface area contributed by atoms with E-state index in [2.05, 4.69) is 4.98 Å². The fourth-order valence-corrected chi connectivity index (χ4v) is 3.43. The SMILES string of the molecule is CC(C)N(C)c1cc2cc(C(=O)O)ccc2nc1-c1coc2ccc(C(F)(F)F)cc12. The minimum Gasteiger partial charge on any atom is -0.478 e. The average Bonchev–Trinajstić information content (AvgIpc) is 3.14. The van der Waals surface area contributed by atoms with Crippen LogP contribution in [-0.4, -0.2) is 29.1 Å². The van der Waals surface area contributed by atoms with Crippen LogP contribution in [0.4, 0.5) is 18.9 Å². The van der Waals surface area contributed by atoms with E-state index in [1.54, 1.807) is 12.1 Å². The first-order chi connectivity index (χ1) is 14.6. The normalized spacial score (nSPS) is 12.1. The fourth-order valence-electron chi connectivity index (χ4n) is 3.43. The van der Waals surface area contributed by atoms with Crippen molar-refractivity contribution >= 4 is 33.5 Å². The standard InChI is InChI=1S/C23H19F3N2O3/c1-12(2)28(3)19-9-14-8-13(22(29)30)4-6-18(14)27-21(19)17-11-31-20-7-5-15(10-16(17)20)23(24,25)26/h4-12H,1-3H3,(H,29,30). The molecule has 0 saturated carbocycles. The number of hydrogen-bond acceptors (Lipinski definition) is 4. The highest BCUT2D eigenvalue weighted by Gasteiger charge is 2.31. The van der Waals surface area contributed by atoms with E-state index >= 15 is 0 Å². The summed E-state index contributed by atoms with van der Waals surface area (Å²) in [5, 5.41) is 10.2. The Hall–Kier alpha value is -3.55. The molecule has 0 unspecified atom stereocenters. The smallest absolute Gasteiger partial charge is 0.416 e. The van der Waals surface area contributed by atoms with Gasteiger partial charge in [0, 0.05) is 29.4 Å². The Morgan fingerprint density at radius 3 is 2.52 bits per heavy atom. The van der Waals surface area contributed by atoms with Gasteiger partial charge in [0.15, 0.2) is 0 Å². The summed E-state index contributed by atoms with van der Waals surface area (Å²) in [6.07, 6.45) is -3.08. The predicted octanol–water partition coefficient (Wildman–Crippen LogP) is 6.21. The third-order valence-electron chi connectivity index (χ3n) is 5.35. The highest BCUT2D eigenvalue weighted by atomic mass is 19.4. The second-order valence-electron chi connectivity index (χ2n) is 7.63. The van der Waals surface area contributed by atoms with Crippen LogP contribution < -0.4 is 4.90 Å². The minimum absolute atomic E-state index is 0.0598. The van der Waals surface area contributed by atoms with E-state index in [0.717, 1.165) is 12.1 Å². The Bertz CT molecular complexity index is 1310. The molecule has 2 heterocycles. The number of aromatic carboxylic acids is 1. The summed E-state index contributed by atoms with van der Waals surface area (Å²) in [6.45, 7) is 3.94. The predicted molar refractivity (Wildman–Crippen MR) is 112 cm³/mol. The van der Waals surface area contributed by atoms with Gasteiger partial charge in [0.2, 0.25) is 0 Å². The number of nitrogens with zero attached hydrogens (tertiary/aromatic N) is 2. The van der Waals surface area contributed by atoms with Crippen LogP contribution in [0.2, 0.25) is 0 Å². The average molecular weight is 428 g/mol. The maximum absolute atomic E-state index is 13.3. The van der Waals surface area contributed by atoms with Crippen molar-refractivity contribution in [2.45, 2.75) is 26.1 Å². The molecule has 0 bridgehead atoms. The van der Waals surface area contributed by atoms with Gasteiger partial charge in [-0.2, -0.15) is 13.2 Å². The fraction of sp³-hybridized carbons (Fsp3) is 0.217. The summed E-state index contributed by atoms with van der Waals surface area (Å²) in [5.41, 5.74) is 1.77. The number of anilines is 1. The Morgan fingerprint density at radius 2 is 1.87 bits per heavy atom. The molecule has 0 saturated heterocycles. The van der Waals surface area contributed by atoms with Crippen LogP contribution in [0.5, 0.6) is 0 Å². The first-order valence-corrected chi connectivity index (χ1v) is 9.56. The molecule has 5 nitrogen and oxygen atoms in total. The number of carboxylic acids is 1. The number of furan rings is 1. The van der Waals surface area contributed by atoms with Gasteiger partial charge in [-0.3, -0.25) is 0 Å². The number of aromatic nitrogens is 1. The van der Waals surface area contributed by atoms with Crippen molar-refractivity contribution in [3.8, 4) is 11.3 Å². The Kier molecular flexibility index (Phi) is 4.88. The van der Waals surface area contributed by atoms with Crippen LogP contribution >= 0.6 is 0 Å². The Morgan fingerprint density at radius 1 is 1.13 bits per heavy atom. The maximum Gasteiger partial charge on any atom is 0.416 e. The van der Waals surface area contributed by atoms with Gasteiger partial charge < -0.3 is 14.4 Å². The van der Waals surface area contributed by atoms with Crippen LogP contribution in [0, 0.1) is 0 Å². The summed E-state index contributed by atoms with van der Waals surface area (Å²) in [4.78, 5) is 18.0. The number of fused-ring (bicyclic) bond motifs is 2. The van der Waals surface area contributed by atoms with E-state index in [-0.39, 0.29) is 11.6 Å². The highest BCUT2D eigenvalue weighted by molar-refractivity contribution is 6.00. The van der Waals surface area contributed by atoms with Crippen molar-refractivity contribution < 1.29 is 27.5 Å². The zero-order valence-corrected chi connectivity index (χ0v) is 17.0. The zero-order valence-electron chi connectivity index (χ0n) is 17.0. The molecule has 160 valence electrons. The van der Waals surface area contributed by atoms with E-state index in [1.807, 2.05) is 25.8 Å². The summed E-state index contributed by atoms with van der Waals surface area (Å²) in [6, 6.07) is 9.77. The third kappa shape index (κ3) is 3.69. The molecule has 0 aliphatic heterocycles. The monoisotopic (exact) mass is 428 g/mol. The quantitative estimate of drug-likeness (QED) is 0.419. The van der Waals surface area contributed by atoms with Crippen molar-refractivity contribution in [2.75, 3.05) is 11.9 Å². The summed E-state index contributed by atoms with van der Waals surface area (Å²) < 4.78 is 45.4. The summed E-state index contributed by atoms with van der Waals surface area (Å²) in [7, 11) is 1.85. The maximum atomic E-state index is 13.3. The number of pyridine rings is 1. The van der Waals surface area contributed by atoms with Crippen molar-refractivity contribution in [3.05, 3.63) is 59.9 Å². The Balaban J connectivity index is 2.00.